The number of phenolic OH excluding ortho intramolecular Hbond substituents is 1. The lowest BCUT2D eigenvalue weighted by molar-refractivity contribution is -0.384. The molecule has 0 aliphatic carbocycles. The number of non-ortho nitro benzene ring substituents is 1. The van der Waals surface area contributed by atoms with Crippen LogP contribution in [0, 0.1) is 16.7 Å². The molecular weight excluding hydrogens is 310 g/mol. The molecule has 1 saturated heterocycles. The Morgan fingerprint density at radius 1 is 1.30 bits per heavy atom. The first-order valence-corrected chi connectivity index (χ1v) is 5.87. The van der Waals surface area contributed by atoms with Gasteiger partial charge in [-0.05, 0) is 6.07 Å². The van der Waals surface area contributed by atoms with Gasteiger partial charge in [-0.3, -0.25) is 30.3 Å². The molecule has 12 heteroatoms. The number of nitro benzene ring substituents is 1. The molecule has 0 atom stereocenters. The van der Waals surface area contributed by atoms with E-state index in [1.807, 2.05) is 0 Å². The average molecular weight is 317 g/mol. The highest BCUT2D eigenvalue weighted by Gasteiger charge is 2.34. The first-order valence-electron chi connectivity index (χ1n) is 5.87. The van der Waals surface area contributed by atoms with Gasteiger partial charge >= 0.3 is 0 Å². The minimum atomic E-state index is -1.55. The number of phenols is 1. The Balaban J connectivity index is 2.19. The van der Waals surface area contributed by atoms with Crippen molar-refractivity contribution in [3.63, 3.8) is 0 Å². The van der Waals surface area contributed by atoms with E-state index in [0.29, 0.717) is 0 Å². The third kappa shape index (κ3) is 3.42. The number of benzene rings is 1. The molecule has 0 bridgehead atoms. The van der Waals surface area contributed by atoms with Crippen molar-refractivity contribution in [1.29, 1.82) is 0 Å². The van der Waals surface area contributed by atoms with Gasteiger partial charge in [0.15, 0.2) is 0 Å². The van der Waals surface area contributed by atoms with E-state index in [1.165, 1.54) is 0 Å². The van der Waals surface area contributed by atoms with E-state index in [2.05, 4.69) is 30.9 Å². The molecule has 1 aliphatic rings. The first-order chi connectivity index (χ1) is 10.9. The smallest absolute Gasteiger partial charge is 0.291 e. The average Bonchev–Trinajstić information content (AvgIpc) is 2.47. The highest BCUT2D eigenvalue weighted by molar-refractivity contribution is 6.20. The van der Waals surface area contributed by atoms with E-state index >= 15 is 0 Å². The van der Waals surface area contributed by atoms with Crippen molar-refractivity contribution >= 4 is 29.1 Å². The molecule has 1 aliphatic heterocycles. The summed E-state index contributed by atoms with van der Waals surface area (Å²) in [7, 11) is 0. The number of carbonyl (C=O) groups excluding carboxylic acids is 2. The fraction of sp³-hybridized carbons (Fsp3) is 0.0909. The molecule has 1 aromatic rings. The van der Waals surface area contributed by atoms with Gasteiger partial charge in [0.25, 0.3) is 23.5 Å². The number of hydrogen-bond donors (Lipinski definition) is 3. The van der Waals surface area contributed by atoms with Crippen LogP contribution < -0.4 is 10.6 Å². The van der Waals surface area contributed by atoms with Gasteiger partial charge in [-0.15, -0.1) is 4.95 Å². The van der Waals surface area contributed by atoms with Crippen LogP contribution in [-0.4, -0.2) is 33.8 Å². The number of aromatic hydroxyl groups is 1. The summed E-state index contributed by atoms with van der Waals surface area (Å²) < 4.78 is 0. The molecule has 116 valence electrons. The number of nitrogens with zero attached hydrogens (tertiary/aromatic N) is 5. The van der Waals surface area contributed by atoms with Crippen LogP contribution in [0.2, 0.25) is 0 Å². The lowest BCUT2D eigenvalue weighted by Gasteiger charge is -2.17. The van der Waals surface area contributed by atoms with Crippen molar-refractivity contribution in [3.05, 3.63) is 39.8 Å². The van der Waals surface area contributed by atoms with Crippen molar-refractivity contribution in [3.8, 4) is 5.75 Å². The predicted octanol–water partition coefficient (Wildman–Crippen LogP) is 0.189. The number of carbonyl (C=O) groups is 2. The number of amides is 2. The summed E-state index contributed by atoms with van der Waals surface area (Å²) in [4.78, 5) is 35.8. The van der Waals surface area contributed by atoms with E-state index < -0.39 is 28.5 Å². The maximum Gasteiger partial charge on any atom is 0.291 e. The van der Waals surface area contributed by atoms with Crippen molar-refractivity contribution < 1.29 is 19.6 Å². The Morgan fingerprint density at radius 2 is 1.96 bits per heavy atom. The van der Waals surface area contributed by atoms with Gasteiger partial charge in [-0.25, -0.2) is 0 Å². The molecule has 1 aromatic carbocycles. The van der Waals surface area contributed by atoms with Gasteiger partial charge in [0.05, 0.1) is 11.0 Å². The maximum absolute atomic E-state index is 11.7. The molecule has 3 N–H and O–H groups in total. The minimum Gasteiger partial charge on any atom is -0.505 e. The molecule has 12 nitrogen and oxygen atoms in total. The van der Waals surface area contributed by atoms with Crippen LogP contribution in [0.25, 0.3) is 4.95 Å². The van der Waals surface area contributed by atoms with E-state index in [9.17, 15) is 24.8 Å². The Labute approximate surface area is 127 Å². The van der Waals surface area contributed by atoms with Crippen molar-refractivity contribution in [2.45, 2.75) is 6.04 Å². The number of azo groups is 1. The van der Waals surface area contributed by atoms with Crippen molar-refractivity contribution in [2.75, 3.05) is 0 Å². The Kier molecular flexibility index (Phi) is 4.22. The summed E-state index contributed by atoms with van der Waals surface area (Å²) >= 11 is 0. The van der Waals surface area contributed by atoms with Gasteiger partial charge in [-0.2, -0.15) is 16.8 Å². The third-order valence-corrected chi connectivity index (χ3v) is 2.58. The molecule has 0 saturated carbocycles. The molecule has 0 radical (unpaired) electrons. The van der Waals surface area contributed by atoms with Crippen LogP contribution >= 0.6 is 0 Å². The predicted molar refractivity (Wildman–Crippen MR) is 73.4 cm³/mol. The lowest BCUT2D eigenvalue weighted by Crippen LogP contribution is -2.58. The third-order valence-electron chi connectivity index (χ3n) is 2.58. The molecule has 2 rings (SSSR count). The summed E-state index contributed by atoms with van der Waals surface area (Å²) in [5.74, 6) is -2.57. The molecular formula is C11H7N7O5. The standard InChI is InChI=1S/C11H7N7O5/c1-12-17-11-13-9(20)8(10(21)14-11)16-15-6-3-2-5(18(22)23)4-7(6)19/h2-4,8,19H,(H2,13,14,17,20,21). The van der Waals surface area contributed by atoms with Gasteiger partial charge in [0.2, 0.25) is 6.04 Å². The van der Waals surface area contributed by atoms with E-state index in [0.717, 1.165) is 18.2 Å². The number of hydrogen-bond acceptors (Lipinski definition) is 8. The van der Waals surface area contributed by atoms with Crippen LogP contribution in [0.1, 0.15) is 0 Å². The van der Waals surface area contributed by atoms with Gasteiger partial charge < -0.3 is 5.11 Å². The topological polar surface area (TPSA) is 163 Å². The van der Waals surface area contributed by atoms with Crippen LogP contribution in [-0.2, 0) is 9.59 Å². The molecule has 1 heterocycles. The Morgan fingerprint density at radius 3 is 2.48 bits per heavy atom. The SMILES string of the molecule is [C-]#[N+]N=C1NC(=O)C(N=Nc2ccc([N+](=O)[O-])cc2O)C(=O)N1. The monoisotopic (exact) mass is 317 g/mol. The quantitative estimate of drug-likeness (QED) is 0.238. The van der Waals surface area contributed by atoms with Gasteiger partial charge in [0, 0.05) is 6.07 Å². The van der Waals surface area contributed by atoms with Crippen LogP contribution in [0.3, 0.4) is 0 Å². The van der Waals surface area contributed by atoms with E-state index in [-0.39, 0.29) is 17.3 Å². The number of nitrogens with one attached hydrogen (secondary N) is 2. The summed E-state index contributed by atoms with van der Waals surface area (Å²) in [5, 5.41) is 34.6. The second-order valence-electron chi connectivity index (χ2n) is 4.08. The molecule has 0 spiro atoms. The number of nitro groups is 1. The molecule has 1 fully saturated rings. The van der Waals surface area contributed by atoms with Crippen LogP contribution in [0.4, 0.5) is 11.4 Å². The fourth-order valence-electron chi connectivity index (χ4n) is 1.56. The summed E-state index contributed by atoms with van der Waals surface area (Å²) in [5.41, 5.74) is -0.508. The molecule has 0 aromatic heterocycles. The summed E-state index contributed by atoms with van der Waals surface area (Å²) in [6.07, 6.45) is 0. The summed E-state index contributed by atoms with van der Waals surface area (Å²) in [6, 6.07) is 1.50. The highest BCUT2D eigenvalue weighted by Crippen LogP contribution is 2.30. The molecule has 23 heavy (non-hydrogen) atoms. The van der Waals surface area contributed by atoms with Crippen LogP contribution in [0.5, 0.6) is 5.75 Å². The largest absolute Gasteiger partial charge is 0.505 e. The minimum absolute atomic E-state index is 0.156. The highest BCUT2D eigenvalue weighted by atomic mass is 16.6. The molecule has 0 unspecified atom stereocenters. The summed E-state index contributed by atoms with van der Waals surface area (Å²) in [6.45, 7) is 6.50. The van der Waals surface area contributed by atoms with Gasteiger partial charge in [0.1, 0.15) is 16.5 Å². The Bertz CT molecular complexity index is 774. The number of rotatable bonds is 3. The first kappa shape index (κ1) is 15.5. The zero-order valence-corrected chi connectivity index (χ0v) is 11.1. The second-order valence-corrected chi connectivity index (χ2v) is 4.08. The number of guanidine groups is 1. The van der Waals surface area contributed by atoms with E-state index in [4.69, 9.17) is 6.57 Å². The van der Waals surface area contributed by atoms with E-state index in [1.54, 1.807) is 0 Å². The zero-order valence-electron chi connectivity index (χ0n) is 11.1. The fourth-order valence-corrected chi connectivity index (χ4v) is 1.56. The molecule has 2 amide bonds. The van der Waals surface area contributed by atoms with Crippen molar-refractivity contribution in [2.24, 2.45) is 15.3 Å². The zero-order chi connectivity index (χ0) is 17.0. The van der Waals surface area contributed by atoms with Crippen LogP contribution in [0.15, 0.2) is 33.5 Å². The lowest BCUT2D eigenvalue weighted by atomic mass is 10.2. The maximum atomic E-state index is 11.7. The second kappa shape index (κ2) is 6.26. The van der Waals surface area contributed by atoms with Crippen molar-refractivity contribution in [1.82, 2.24) is 10.6 Å². The normalized spacial score (nSPS) is 17.3. The Hall–Kier alpha value is -3.88. The van der Waals surface area contributed by atoms with Gasteiger partial charge in [-0.1, -0.05) is 0 Å².